The number of rotatable bonds is 9. The summed E-state index contributed by atoms with van der Waals surface area (Å²) >= 11 is 6.07. The normalized spacial score (nSPS) is 10.6. The van der Waals surface area contributed by atoms with Gasteiger partial charge in [-0.2, -0.15) is 0 Å². The fraction of sp³-hybridized carbons (Fsp3) is 0.533. The minimum atomic E-state index is -0.193. The quantitative estimate of drug-likeness (QED) is 0.724. The minimum absolute atomic E-state index is 0.0188. The second-order valence-electron chi connectivity index (χ2n) is 4.73. The number of amides is 1. The Balaban J connectivity index is 2.80. The zero-order valence-corrected chi connectivity index (χ0v) is 13.9. The van der Waals surface area contributed by atoms with E-state index in [-0.39, 0.29) is 19.1 Å². The number of aliphatic hydroxyl groups is 1. The summed E-state index contributed by atoms with van der Waals surface area (Å²) in [4.78, 5) is 14.0. The van der Waals surface area contributed by atoms with Crippen molar-refractivity contribution in [3.8, 4) is 11.5 Å². The highest BCUT2D eigenvalue weighted by molar-refractivity contribution is 6.32. The zero-order chi connectivity index (χ0) is 16.5. The summed E-state index contributed by atoms with van der Waals surface area (Å²) in [6.45, 7) is 3.44. The van der Waals surface area contributed by atoms with Gasteiger partial charge in [-0.15, -0.1) is 0 Å². The Hall–Kier alpha value is -1.50. The van der Waals surface area contributed by atoms with Gasteiger partial charge in [0, 0.05) is 12.6 Å². The number of hydrogen-bond donors (Lipinski definition) is 2. The molecule has 2 N–H and O–H groups in total. The number of ether oxygens (including phenoxy) is 2. The number of carbonyl (C=O) groups is 1. The summed E-state index contributed by atoms with van der Waals surface area (Å²) in [5.41, 5.74) is 0.485. The van der Waals surface area contributed by atoms with Crippen LogP contribution in [0, 0.1) is 0 Å². The zero-order valence-electron chi connectivity index (χ0n) is 13.2. The topological polar surface area (TPSA) is 71.0 Å². The highest BCUT2D eigenvalue weighted by Crippen LogP contribution is 2.35. The Bertz CT molecular complexity index is 491. The number of methoxy groups -OCH3 is 2. The molecule has 0 saturated heterocycles. The van der Waals surface area contributed by atoms with Crippen LogP contribution >= 0.6 is 11.6 Å². The van der Waals surface area contributed by atoms with E-state index < -0.39 is 0 Å². The first-order chi connectivity index (χ1) is 10.5. The largest absolute Gasteiger partial charge is 0.495 e. The van der Waals surface area contributed by atoms with E-state index in [1.807, 2.05) is 11.8 Å². The van der Waals surface area contributed by atoms with Crippen molar-refractivity contribution in [3.05, 3.63) is 17.2 Å². The first kappa shape index (κ1) is 18.5. The van der Waals surface area contributed by atoms with Crippen molar-refractivity contribution in [2.75, 3.05) is 45.8 Å². The molecule has 1 amide bonds. The van der Waals surface area contributed by atoms with Crippen molar-refractivity contribution >= 4 is 23.2 Å². The number of halogens is 1. The van der Waals surface area contributed by atoms with Gasteiger partial charge in [0.15, 0.2) is 0 Å². The predicted octanol–water partition coefficient (Wildman–Crippen LogP) is 2.00. The van der Waals surface area contributed by atoms with Gasteiger partial charge in [-0.25, -0.2) is 0 Å². The molecule has 0 unspecified atom stereocenters. The molecule has 22 heavy (non-hydrogen) atoms. The van der Waals surface area contributed by atoms with Crippen molar-refractivity contribution in [3.63, 3.8) is 0 Å². The van der Waals surface area contributed by atoms with Crippen molar-refractivity contribution in [1.82, 2.24) is 4.90 Å². The fourth-order valence-electron chi connectivity index (χ4n) is 2.08. The van der Waals surface area contributed by atoms with E-state index in [2.05, 4.69) is 5.32 Å². The molecule has 1 aromatic carbocycles. The first-order valence-electron chi connectivity index (χ1n) is 7.10. The summed E-state index contributed by atoms with van der Waals surface area (Å²) in [7, 11) is 3.02. The summed E-state index contributed by atoms with van der Waals surface area (Å²) in [5, 5.41) is 12.2. The molecule has 1 rings (SSSR count). The number of hydrogen-bond acceptors (Lipinski definition) is 5. The first-order valence-corrected chi connectivity index (χ1v) is 7.48. The minimum Gasteiger partial charge on any atom is -0.495 e. The van der Waals surface area contributed by atoms with Crippen molar-refractivity contribution in [2.45, 2.75) is 13.3 Å². The molecule has 0 aliphatic carbocycles. The Labute approximate surface area is 136 Å². The van der Waals surface area contributed by atoms with E-state index in [1.54, 1.807) is 12.1 Å². The number of nitrogens with zero attached hydrogens (tertiary/aromatic N) is 1. The smallest absolute Gasteiger partial charge is 0.238 e. The van der Waals surface area contributed by atoms with Crippen molar-refractivity contribution in [2.24, 2.45) is 0 Å². The summed E-state index contributed by atoms with van der Waals surface area (Å²) in [5.74, 6) is 0.754. The molecular weight excluding hydrogens is 308 g/mol. The van der Waals surface area contributed by atoms with E-state index in [1.165, 1.54) is 14.2 Å². The van der Waals surface area contributed by atoms with Crippen LogP contribution in [-0.4, -0.2) is 56.4 Å². The predicted molar refractivity (Wildman–Crippen MR) is 87.0 cm³/mol. The maximum absolute atomic E-state index is 12.1. The van der Waals surface area contributed by atoms with E-state index in [0.29, 0.717) is 28.8 Å². The van der Waals surface area contributed by atoms with Gasteiger partial charge in [-0.1, -0.05) is 18.5 Å². The standard InChI is InChI=1S/C15H23ClN2O4/c1-4-5-18(6-7-19)10-15(20)17-12-8-11(16)13(21-2)9-14(12)22-3/h8-9,19H,4-7,10H2,1-3H3,(H,17,20). The molecule has 0 saturated carbocycles. The molecule has 6 nitrogen and oxygen atoms in total. The monoisotopic (exact) mass is 330 g/mol. The lowest BCUT2D eigenvalue weighted by molar-refractivity contribution is -0.117. The Morgan fingerprint density at radius 1 is 1.27 bits per heavy atom. The van der Waals surface area contributed by atoms with E-state index in [0.717, 1.165) is 13.0 Å². The number of nitrogens with one attached hydrogen (secondary N) is 1. The third kappa shape index (κ3) is 5.36. The molecule has 1 aromatic rings. The van der Waals surface area contributed by atoms with Crippen molar-refractivity contribution < 1.29 is 19.4 Å². The molecule has 7 heteroatoms. The van der Waals surface area contributed by atoms with Gasteiger partial charge >= 0.3 is 0 Å². The van der Waals surface area contributed by atoms with E-state index in [9.17, 15) is 4.79 Å². The lowest BCUT2D eigenvalue weighted by Gasteiger charge is -2.20. The molecule has 0 bridgehead atoms. The molecule has 0 atom stereocenters. The van der Waals surface area contributed by atoms with Crippen LogP contribution in [-0.2, 0) is 4.79 Å². The highest BCUT2D eigenvalue weighted by atomic mass is 35.5. The lowest BCUT2D eigenvalue weighted by Crippen LogP contribution is -2.35. The molecule has 0 aliphatic heterocycles. The third-order valence-corrected chi connectivity index (χ3v) is 3.37. The second kappa shape index (κ2) is 9.50. The summed E-state index contributed by atoms with van der Waals surface area (Å²) in [6, 6.07) is 3.21. The molecule has 0 aromatic heterocycles. The molecule has 0 fully saturated rings. The fourth-order valence-corrected chi connectivity index (χ4v) is 2.32. The van der Waals surface area contributed by atoms with Crippen LogP contribution in [0.2, 0.25) is 5.02 Å². The molecule has 124 valence electrons. The summed E-state index contributed by atoms with van der Waals surface area (Å²) in [6.07, 6.45) is 0.908. The van der Waals surface area contributed by atoms with Crippen LogP contribution in [0.4, 0.5) is 5.69 Å². The van der Waals surface area contributed by atoms with Gasteiger partial charge < -0.3 is 19.9 Å². The maximum Gasteiger partial charge on any atom is 0.238 e. The van der Waals surface area contributed by atoms with Gasteiger partial charge in [0.1, 0.15) is 11.5 Å². The van der Waals surface area contributed by atoms with Crippen LogP contribution in [0.5, 0.6) is 11.5 Å². The average molecular weight is 331 g/mol. The molecular formula is C15H23ClN2O4. The Kier molecular flexibility index (Phi) is 8.01. The van der Waals surface area contributed by atoms with Gasteiger partial charge in [0.25, 0.3) is 0 Å². The van der Waals surface area contributed by atoms with E-state index in [4.69, 9.17) is 26.2 Å². The lowest BCUT2D eigenvalue weighted by atomic mass is 10.2. The van der Waals surface area contributed by atoms with Gasteiger partial charge in [-0.05, 0) is 19.0 Å². The molecule has 0 aliphatic rings. The second-order valence-corrected chi connectivity index (χ2v) is 5.14. The van der Waals surface area contributed by atoms with Crippen LogP contribution in [0.1, 0.15) is 13.3 Å². The highest BCUT2D eigenvalue weighted by Gasteiger charge is 2.14. The molecule has 0 heterocycles. The molecule has 0 radical (unpaired) electrons. The number of carbonyl (C=O) groups excluding carboxylic acids is 1. The maximum atomic E-state index is 12.1. The summed E-state index contributed by atoms with van der Waals surface area (Å²) < 4.78 is 10.4. The number of benzene rings is 1. The Morgan fingerprint density at radius 2 is 1.95 bits per heavy atom. The molecule has 0 spiro atoms. The van der Waals surface area contributed by atoms with E-state index >= 15 is 0 Å². The third-order valence-electron chi connectivity index (χ3n) is 3.07. The van der Waals surface area contributed by atoms with Gasteiger partial charge in [-0.3, -0.25) is 9.69 Å². The van der Waals surface area contributed by atoms with Crippen LogP contribution in [0.3, 0.4) is 0 Å². The van der Waals surface area contributed by atoms with Gasteiger partial charge in [0.2, 0.25) is 5.91 Å². The number of aliphatic hydroxyl groups excluding tert-OH is 1. The number of anilines is 1. The van der Waals surface area contributed by atoms with Crippen LogP contribution in [0.15, 0.2) is 12.1 Å². The van der Waals surface area contributed by atoms with Crippen LogP contribution < -0.4 is 14.8 Å². The SMILES string of the molecule is CCCN(CCO)CC(=O)Nc1cc(Cl)c(OC)cc1OC. The Morgan fingerprint density at radius 3 is 2.50 bits per heavy atom. The van der Waals surface area contributed by atoms with Crippen LogP contribution in [0.25, 0.3) is 0 Å². The average Bonchev–Trinajstić information content (AvgIpc) is 2.48. The van der Waals surface area contributed by atoms with Crippen molar-refractivity contribution in [1.29, 1.82) is 0 Å². The van der Waals surface area contributed by atoms with Gasteiger partial charge in [0.05, 0.1) is 38.1 Å².